The summed E-state index contributed by atoms with van der Waals surface area (Å²) in [6, 6.07) is 0. The lowest BCUT2D eigenvalue weighted by atomic mass is 10.0. The Labute approximate surface area is 69.0 Å². The molecule has 1 atom stereocenters. The maximum absolute atomic E-state index is 12.8. The topological polar surface area (TPSA) is 40.5 Å². The molecule has 1 saturated heterocycles. The molecule has 0 aromatic heterocycles. The van der Waals surface area contributed by atoms with Gasteiger partial charge in [-0.2, -0.15) is 8.78 Å². The van der Waals surface area contributed by atoms with Gasteiger partial charge >= 0.3 is 11.9 Å². The van der Waals surface area contributed by atoms with Crippen LogP contribution in [0.5, 0.6) is 0 Å². The van der Waals surface area contributed by atoms with Crippen LogP contribution in [0.25, 0.3) is 0 Å². The third-order valence-electron chi connectivity index (χ3n) is 2.19. The predicted octanol–water partition coefficient (Wildman–Crippen LogP) is 0.658. The number of rotatable bonds is 2. The number of likely N-dealkylation sites (tertiary alicyclic amines) is 1. The van der Waals surface area contributed by atoms with Crippen molar-refractivity contribution >= 4 is 5.97 Å². The summed E-state index contributed by atoms with van der Waals surface area (Å²) in [4.78, 5) is 11.9. The quantitative estimate of drug-likeness (QED) is 0.676. The van der Waals surface area contributed by atoms with Crippen molar-refractivity contribution < 1.29 is 18.7 Å². The van der Waals surface area contributed by atoms with E-state index in [1.165, 1.54) is 0 Å². The molecule has 0 aromatic rings. The minimum Gasteiger partial charge on any atom is -0.477 e. The molecule has 0 aliphatic carbocycles. The highest BCUT2D eigenvalue weighted by Gasteiger charge is 2.49. The van der Waals surface area contributed by atoms with Crippen molar-refractivity contribution in [3.63, 3.8) is 0 Å². The van der Waals surface area contributed by atoms with Gasteiger partial charge in [0, 0.05) is 12.5 Å². The SMILES string of the molecule is CN1CCC(C(F)(F)C(=O)O)C1. The predicted molar refractivity (Wildman–Crippen MR) is 38.2 cm³/mol. The maximum Gasteiger partial charge on any atom is 0.374 e. The van der Waals surface area contributed by atoms with Crippen molar-refractivity contribution in [1.29, 1.82) is 0 Å². The zero-order valence-electron chi connectivity index (χ0n) is 6.76. The molecule has 1 N–H and O–H groups in total. The van der Waals surface area contributed by atoms with Gasteiger partial charge in [-0.15, -0.1) is 0 Å². The highest BCUT2D eigenvalue weighted by atomic mass is 19.3. The summed E-state index contributed by atoms with van der Waals surface area (Å²) in [5.74, 6) is -6.60. The normalized spacial score (nSPS) is 26.1. The third kappa shape index (κ3) is 1.55. The number of carboxylic acid groups (broad SMARTS) is 1. The number of aliphatic carboxylic acids is 1. The monoisotopic (exact) mass is 179 g/mol. The van der Waals surface area contributed by atoms with Crippen molar-refractivity contribution in [2.24, 2.45) is 5.92 Å². The van der Waals surface area contributed by atoms with Crippen LogP contribution in [0, 0.1) is 5.92 Å². The van der Waals surface area contributed by atoms with Gasteiger partial charge in [-0.25, -0.2) is 4.79 Å². The molecule has 12 heavy (non-hydrogen) atoms. The summed E-state index contributed by atoms with van der Waals surface area (Å²) in [6.45, 7) is 0.715. The molecule has 0 saturated carbocycles. The standard InChI is InChI=1S/C7H11F2NO2/c1-10-3-2-5(4-10)7(8,9)6(11)12/h5H,2-4H2,1H3,(H,11,12). The number of hydrogen-bond acceptors (Lipinski definition) is 2. The number of nitrogens with zero attached hydrogens (tertiary/aromatic N) is 1. The van der Waals surface area contributed by atoms with Gasteiger partial charge in [0.2, 0.25) is 0 Å². The molecule has 5 heteroatoms. The van der Waals surface area contributed by atoms with Gasteiger partial charge in [0.15, 0.2) is 0 Å². The van der Waals surface area contributed by atoms with Crippen LogP contribution < -0.4 is 0 Å². The van der Waals surface area contributed by atoms with Gasteiger partial charge < -0.3 is 10.0 Å². The second-order valence-electron chi connectivity index (χ2n) is 3.18. The molecule has 0 spiro atoms. The lowest BCUT2D eigenvalue weighted by Crippen LogP contribution is -2.38. The summed E-state index contributed by atoms with van der Waals surface area (Å²) < 4.78 is 25.6. The maximum atomic E-state index is 12.8. The van der Waals surface area contributed by atoms with Crippen molar-refractivity contribution in [2.45, 2.75) is 12.3 Å². The van der Waals surface area contributed by atoms with Crippen LogP contribution in [-0.2, 0) is 4.79 Å². The molecule has 1 unspecified atom stereocenters. The first-order valence-corrected chi connectivity index (χ1v) is 3.74. The van der Waals surface area contributed by atoms with E-state index in [1.807, 2.05) is 0 Å². The second kappa shape index (κ2) is 2.97. The largest absolute Gasteiger partial charge is 0.477 e. The summed E-state index contributed by atoms with van der Waals surface area (Å²) in [5, 5.41) is 8.22. The van der Waals surface area contributed by atoms with Crippen LogP contribution in [-0.4, -0.2) is 42.0 Å². The molecule has 70 valence electrons. The summed E-state index contributed by atoms with van der Waals surface area (Å²) in [6.07, 6.45) is 0.260. The second-order valence-corrected chi connectivity index (χ2v) is 3.18. The Kier molecular flexibility index (Phi) is 2.32. The molecule has 1 aliphatic rings. The van der Waals surface area contributed by atoms with Crippen LogP contribution in [0.1, 0.15) is 6.42 Å². The molecular formula is C7H11F2NO2. The van der Waals surface area contributed by atoms with Crippen molar-refractivity contribution in [3.8, 4) is 0 Å². The van der Waals surface area contributed by atoms with Gasteiger partial charge in [-0.3, -0.25) is 0 Å². The van der Waals surface area contributed by atoms with Crippen LogP contribution in [0.15, 0.2) is 0 Å². The average molecular weight is 179 g/mol. The fourth-order valence-electron chi connectivity index (χ4n) is 1.41. The first kappa shape index (κ1) is 9.38. The van der Waals surface area contributed by atoms with Crippen LogP contribution in [0.2, 0.25) is 0 Å². The zero-order chi connectivity index (χ0) is 9.35. The van der Waals surface area contributed by atoms with Crippen LogP contribution in [0.4, 0.5) is 8.78 Å². The lowest BCUT2D eigenvalue weighted by molar-refractivity contribution is -0.172. The summed E-state index contributed by atoms with van der Waals surface area (Å²) in [5.41, 5.74) is 0. The third-order valence-corrected chi connectivity index (χ3v) is 2.19. The van der Waals surface area contributed by atoms with E-state index in [0.717, 1.165) is 0 Å². The van der Waals surface area contributed by atoms with Crippen molar-refractivity contribution in [1.82, 2.24) is 4.90 Å². The number of halogens is 2. The Morgan fingerprint density at radius 1 is 1.67 bits per heavy atom. The number of alkyl halides is 2. The van der Waals surface area contributed by atoms with Gasteiger partial charge in [0.1, 0.15) is 0 Å². The first-order valence-electron chi connectivity index (χ1n) is 3.74. The van der Waals surface area contributed by atoms with E-state index in [2.05, 4.69) is 0 Å². The number of hydrogen-bond donors (Lipinski definition) is 1. The molecule has 0 aromatic carbocycles. The number of carbonyl (C=O) groups is 1. The fourth-order valence-corrected chi connectivity index (χ4v) is 1.41. The number of carboxylic acids is 1. The fraction of sp³-hybridized carbons (Fsp3) is 0.857. The van der Waals surface area contributed by atoms with Gasteiger partial charge in [-0.1, -0.05) is 0 Å². The molecule has 0 bridgehead atoms. The van der Waals surface area contributed by atoms with Gasteiger partial charge in [-0.05, 0) is 20.0 Å². The molecule has 3 nitrogen and oxygen atoms in total. The van der Waals surface area contributed by atoms with E-state index in [0.29, 0.717) is 6.54 Å². The molecular weight excluding hydrogens is 168 g/mol. The summed E-state index contributed by atoms with van der Waals surface area (Å²) in [7, 11) is 1.71. The van der Waals surface area contributed by atoms with Crippen molar-refractivity contribution in [3.05, 3.63) is 0 Å². The highest BCUT2D eigenvalue weighted by molar-refractivity contribution is 5.75. The van der Waals surface area contributed by atoms with E-state index in [1.54, 1.807) is 11.9 Å². The molecule has 1 rings (SSSR count). The minimum absolute atomic E-state index is 0.166. The molecule has 0 amide bonds. The molecule has 1 aliphatic heterocycles. The smallest absolute Gasteiger partial charge is 0.374 e. The van der Waals surface area contributed by atoms with Gasteiger partial charge in [0.25, 0.3) is 0 Å². The van der Waals surface area contributed by atoms with E-state index < -0.39 is 17.8 Å². The summed E-state index contributed by atoms with van der Waals surface area (Å²) >= 11 is 0. The van der Waals surface area contributed by atoms with Crippen LogP contribution >= 0.6 is 0 Å². The van der Waals surface area contributed by atoms with Crippen LogP contribution in [0.3, 0.4) is 0 Å². The Bertz CT molecular complexity index is 196. The minimum atomic E-state index is -3.56. The first-order chi connectivity index (χ1) is 5.44. The van der Waals surface area contributed by atoms with E-state index >= 15 is 0 Å². The Balaban J connectivity index is 2.63. The van der Waals surface area contributed by atoms with E-state index in [9.17, 15) is 13.6 Å². The highest BCUT2D eigenvalue weighted by Crippen LogP contribution is 2.31. The Hall–Kier alpha value is -0.710. The Morgan fingerprint density at radius 3 is 2.58 bits per heavy atom. The molecule has 1 heterocycles. The lowest BCUT2D eigenvalue weighted by Gasteiger charge is -2.17. The molecule has 0 radical (unpaired) electrons. The zero-order valence-corrected chi connectivity index (χ0v) is 6.76. The molecule has 1 fully saturated rings. The average Bonchev–Trinajstić information content (AvgIpc) is 2.35. The van der Waals surface area contributed by atoms with Crippen molar-refractivity contribution in [2.75, 3.05) is 20.1 Å². The van der Waals surface area contributed by atoms with E-state index in [-0.39, 0.29) is 13.0 Å². The van der Waals surface area contributed by atoms with E-state index in [4.69, 9.17) is 5.11 Å². The van der Waals surface area contributed by atoms with Gasteiger partial charge in [0.05, 0.1) is 0 Å². The Morgan fingerprint density at radius 2 is 2.25 bits per heavy atom.